The highest BCUT2D eigenvalue weighted by atomic mass is 19.4. The molecule has 18 heavy (non-hydrogen) atoms. The molecule has 0 radical (unpaired) electrons. The number of halogens is 7. The minimum absolute atomic E-state index is 0.0601. The molecule has 0 atom stereocenters. The van der Waals surface area contributed by atoms with Crippen molar-refractivity contribution in [3.05, 3.63) is 29.8 Å². The molecule has 0 aromatic heterocycles. The summed E-state index contributed by atoms with van der Waals surface area (Å²) in [6, 6.07) is 2.66. The summed E-state index contributed by atoms with van der Waals surface area (Å²) >= 11 is 0. The molecular formula is C10H7F7O. The van der Waals surface area contributed by atoms with Gasteiger partial charge in [0, 0.05) is 5.56 Å². The van der Waals surface area contributed by atoms with E-state index < -0.39 is 23.6 Å². The van der Waals surface area contributed by atoms with Crippen LogP contribution in [0.3, 0.4) is 0 Å². The fourth-order valence-electron chi connectivity index (χ4n) is 1.16. The molecule has 102 valence electrons. The molecule has 0 aliphatic carbocycles. The van der Waals surface area contributed by atoms with Crippen LogP contribution >= 0.6 is 0 Å². The van der Waals surface area contributed by atoms with Gasteiger partial charge in [-0.3, -0.25) is 0 Å². The summed E-state index contributed by atoms with van der Waals surface area (Å²) in [4.78, 5) is 0. The quantitative estimate of drug-likeness (QED) is 0.759. The van der Waals surface area contributed by atoms with Crippen LogP contribution in [0, 0.1) is 0 Å². The van der Waals surface area contributed by atoms with E-state index in [0.717, 1.165) is 12.1 Å². The minimum Gasteiger partial charge on any atom is -0.497 e. The number of hydrogen-bond acceptors (Lipinski definition) is 1. The molecule has 1 aromatic carbocycles. The highest BCUT2D eigenvalue weighted by molar-refractivity contribution is 5.31. The lowest BCUT2D eigenvalue weighted by Gasteiger charge is -2.28. The zero-order chi connectivity index (χ0) is 14.2. The van der Waals surface area contributed by atoms with Gasteiger partial charge in [-0.25, -0.2) is 0 Å². The Morgan fingerprint density at radius 2 is 1.28 bits per heavy atom. The fraction of sp³-hybridized carbons (Fsp3) is 0.400. The molecule has 0 amide bonds. The molecule has 0 spiro atoms. The topological polar surface area (TPSA) is 9.23 Å². The molecule has 0 bridgehead atoms. The number of ether oxygens (including phenoxy) is 1. The normalized spacial score (nSPS) is 13.6. The Labute approximate surface area is 97.2 Å². The molecule has 0 aliphatic heterocycles. The predicted molar refractivity (Wildman–Crippen MR) is 47.9 cm³/mol. The number of benzene rings is 1. The molecule has 0 saturated carbocycles. The molecule has 8 heteroatoms. The average molecular weight is 276 g/mol. The van der Waals surface area contributed by atoms with E-state index in [1.165, 1.54) is 7.11 Å². The Morgan fingerprint density at radius 3 is 1.61 bits per heavy atom. The Balaban J connectivity index is 3.19. The van der Waals surface area contributed by atoms with Crippen molar-refractivity contribution in [2.75, 3.05) is 7.11 Å². The maximum Gasteiger partial charge on any atom is 0.460 e. The van der Waals surface area contributed by atoms with E-state index in [1.54, 1.807) is 0 Å². The lowest BCUT2D eigenvalue weighted by Crippen LogP contribution is -2.49. The largest absolute Gasteiger partial charge is 0.497 e. The molecule has 1 aromatic rings. The molecule has 0 aliphatic rings. The molecule has 0 saturated heterocycles. The Kier molecular flexibility index (Phi) is 3.51. The van der Waals surface area contributed by atoms with E-state index in [1.807, 2.05) is 0 Å². The molecule has 0 N–H and O–H groups in total. The van der Waals surface area contributed by atoms with E-state index in [-0.39, 0.29) is 5.75 Å². The molecular weight excluding hydrogens is 269 g/mol. The Hall–Kier alpha value is -1.47. The first-order chi connectivity index (χ1) is 8.04. The second-order valence-corrected chi connectivity index (χ2v) is 3.38. The second kappa shape index (κ2) is 4.33. The van der Waals surface area contributed by atoms with Crippen LogP contribution in [0.15, 0.2) is 24.3 Å². The SMILES string of the molecule is COc1ccc(C(F)(F)C(F)(F)C(F)(F)F)cc1. The van der Waals surface area contributed by atoms with Gasteiger partial charge in [-0.2, -0.15) is 30.7 Å². The van der Waals surface area contributed by atoms with Crippen LogP contribution in [-0.2, 0) is 5.92 Å². The lowest BCUT2D eigenvalue weighted by atomic mass is 10.0. The van der Waals surface area contributed by atoms with E-state index >= 15 is 0 Å². The minimum atomic E-state index is -6.34. The van der Waals surface area contributed by atoms with Gasteiger partial charge in [-0.1, -0.05) is 0 Å². The zero-order valence-electron chi connectivity index (χ0n) is 8.86. The van der Waals surface area contributed by atoms with Gasteiger partial charge < -0.3 is 4.74 Å². The van der Waals surface area contributed by atoms with Crippen LogP contribution in [-0.4, -0.2) is 19.2 Å². The summed E-state index contributed by atoms with van der Waals surface area (Å²) in [7, 11) is 1.19. The third-order valence-corrected chi connectivity index (χ3v) is 2.20. The molecule has 1 rings (SSSR count). The monoisotopic (exact) mass is 276 g/mol. The molecule has 0 heterocycles. The summed E-state index contributed by atoms with van der Waals surface area (Å²) in [5, 5.41) is 0. The van der Waals surface area contributed by atoms with Crippen LogP contribution in [0.25, 0.3) is 0 Å². The van der Waals surface area contributed by atoms with Gasteiger partial charge in [0.1, 0.15) is 5.75 Å². The van der Waals surface area contributed by atoms with Crippen molar-refractivity contribution in [3.8, 4) is 5.75 Å². The smallest absolute Gasteiger partial charge is 0.460 e. The van der Waals surface area contributed by atoms with Gasteiger partial charge in [0.15, 0.2) is 0 Å². The molecule has 0 fully saturated rings. The first-order valence-electron chi connectivity index (χ1n) is 4.51. The Morgan fingerprint density at radius 1 is 0.833 bits per heavy atom. The van der Waals surface area contributed by atoms with Crippen molar-refractivity contribution in [2.24, 2.45) is 0 Å². The highest BCUT2D eigenvalue weighted by Crippen LogP contribution is 2.51. The van der Waals surface area contributed by atoms with E-state index in [0.29, 0.717) is 12.1 Å². The van der Waals surface area contributed by atoms with E-state index in [2.05, 4.69) is 4.74 Å². The summed E-state index contributed by atoms with van der Waals surface area (Å²) < 4.78 is 91.9. The lowest BCUT2D eigenvalue weighted by molar-refractivity contribution is -0.359. The van der Waals surface area contributed by atoms with Gasteiger partial charge >= 0.3 is 18.0 Å². The molecule has 0 unspecified atom stereocenters. The van der Waals surface area contributed by atoms with Gasteiger partial charge in [-0.05, 0) is 24.3 Å². The number of alkyl halides is 7. The maximum atomic E-state index is 13.2. The number of rotatable bonds is 3. The van der Waals surface area contributed by atoms with Crippen LogP contribution in [0.5, 0.6) is 5.75 Å². The average Bonchev–Trinajstić information content (AvgIpc) is 2.27. The third kappa shape index (κ3) is 2.23. The summed E-state index contributed by atoms with van der Waals surface area (Å²) in [5.41, 5.74) is -1.44. The van der Waals surface area contributed by atoms with Crippen molar-refractivity contribution < 1.29 is 35.5 Å². The van der Waals surface area contributed by atoms with Gasteiger partial charge in [0.05, 0.1) is 7.11 Å². The second-order valence-electron chi connectivity index (χ2n) is 3.38. The van der Waals surface area contributed by atoms with Crippen molar-refractivity contribution in [1.82, 2.24) is 0 Å². The zero-order valence-corrected chi connectivity index (χ0v) is 8.86. The van der Waals surface area contributed by atoms with Crippen molar-refractivity contribution >= 4 is 0 Å². The predicted octanol–water partition coefficient (Wildman–Crippen LogP) is 3.98. The van der Waals surface area contributed by atoms with Gasteiger partial charge in [0.2, 0.25) is 0 Å². The van der Waals surface area contributed by atoms with Crippen molar-refractivity contribution in [2.45, 2.75) is 18.0 Å². The first-order valence-corrected chi connectivity index (χ1v) is 4.51. The Bertz CT molecular complexity index is 407. The van der Waals surface area contributed by atoms with Gasteiger partial charge in [0.25, 0.3) is 0 Å². The standard InChI is InChI=1S/C10H7F7O/c1-18-7-4-2-6(3-5-7)8(11,12)9(13,14)10(15,16)17/h2-5H,1H3. The van der Waals surface area contributed by atoms with Crippen molar-refractivity contribution in [1.29, 1.82) is 0 Å². The maximum absolute atomic E-state index is 13.2. The van der Waals surface area contributed by atoms with E-state index in [9.17, 15) is 30.7 Å². The van der Waals surface area contributed by atoms with Gasteiger partial charge in [-0.15, -0.1) is 0 Å². The third-order valence-electron chi connectivity index (χ3n) is 2.20. The number of hydrogen-bond donors (Lipinski definition) is 0. The van der Waals surface area contributed by atoms with Crippen molar-refractivity contribution in [3.63, 3.8) is 0 Å². The fourth-order valence-corrected chi connectivity index (χ4v) is 1.16. The summed E-state index contributed by atoms with van der Waals surface area (Å²) in [6.45, 7) is 0. The first kappa shape index (κ1) is 14.6. The summed E-state index contributed by atoms with van der Waals surface area (Å²) in [5.74, 6) is -11.4. The molecule has 1 nitrogen and oxygen atoms in total. The van der Waals surface area contributed by atoms with Crippen LogP contribution in [0.2, 0.25) is 0 Å². The highest BCUT2D eigenvalue weighted by Gasteiger charge is 2.73. The van der Waals surface area contributed by atoms with Crippen LogP contribution in [0.1, 0.15) is 5.56 Å². The summed E-state index contributed by atoms with van der Waals surface area (Å²) in [6.07, 6.45) is -6.34. The van der Waals surface area contributed by atoms with Crippen LogP contribution in [0.4, 0.5) is 30.7 Å². The van der Waals surface area contributed by atoms with E-state index in [4.69, 9.17) is 0 Å². The van der Waals surface area contributed by atoms with Crippen LogP contribution < -0.4 is 4.74 Å². The number of methoxy groups -OCH3 is 1.